The summed E-state index contributed by atoms with van der Waals surface area (Å²) < 4.78 is 15.6. The molecule has 90 valence electrons. The van der Waals surface area contributed by atoms with Gasteiger partial charge in [-0.25, -0.2) is 4.39 Å². The normalized spacial score (nSPS) is 12.5. The average Bonchev–Trinajstić information content (AvgIpc) is 2.69. The lowest BCUT2D eigenvalue weighted by atomic mass is 10.2. The zero-order valence-electron chi connectivity index (χ0n) is 9.61. The van der Waals surface area contributed by atoms with E-state index in [0.29, 0.717) is 0 Å². The van der Waals surface area contributed by atoms with E-state index in [2.05, 4.69) is 39.9 Å². The van der Waals surface area contributed by atoms with Gasteiger partial charge in [-0.2, -0.15) is 5.10 Å². The van der Waals surface area contributed by atoms with Crippen LogP contribution in [0.5, 0.6) is 0 Å². The molecule has 3 nitrogen and oxygen atoms in total. The molecule has 1 aromatic carbocycles. The van der Waals surface area contributed by atoms with Gasteiger partial charge < -0.3 is 5.32 Å². The fourth-order valence-electron chi connectivity index (χ4n) is 1.59. The van der Waals surface area contributed by atoms with E-state index < -0.39 is 0 Å². The van der Waals surface area contributed by atoms with Crippen molar-refractivity contribution in [3.8, 4) is 0 Å². The molecule has 1 aromatic heterocycles. The number of rotatable bonds is 3. The smallest absolute Gasteiger partial charge is 0.124 e. The first-order valence-electron chi connectivity index (χ1n) is 5.26. The molecule has 5 heteroatoms. The predicted molar refractivity (Wildman–Crippen MR) is 74.4 cm³/mol. The van der Waals surface area contributed by atoms with Gasteiger partial charge in [0, 0.05) is 28.1 Å². The summed E-state index contributed by atoms with van der Waals surface area (Å²) in [6, 6.07) is 4.87. The summed E-state index contributed by atoms with van der Waals surface area (Å²) in [7, 11) is 1.89. The number of nitrogens with one attached hydrogen (secondary N) is 1. The zero-order valence-corrected chi connectivity index (χ0v) is 11.8. The summed E-state index contributed by atoms with van der Waals surface area (Å²) in [5, 5.41) is 7.47. The van der Waals surface area contributed by atoms with Crippen molar-refractivity contribution in [1.82, 2.24) is 9.78 Å². The van der Waals surface area contributed by atoms with Crippen LogP contribution < -0.4 is 5.32 Å². The Labute approximate surface area is 113 Å². The number of halogens is 2. The first kappa shape index (κ1) is 12.3. The van der Waals surface area contributed by atoms with Crippen LogP contribution >= 0.6 is 22.6 Å². The molecule has 2 rings (SSSR count). The number of aryl methyl sites for hydroxylation is 1. The van der Waals surface area contributed by atoms with Crippen LogP contribution in [-0.4, -0.2) is 9.78 Å². The Morgan fingerprint density at radius 3 is 2.82 bits per heavy atom. The second kappa shape index (κ2) is 5.03. The summed E-state index contributed by atoms with van der Waals surface area (Å²) in [5.74, 6) is -0.214. The SMILES string of the molecule is CC(Nc1ccc(F)cc1I)c1cnn(C)c1. The van der Waals surface area contributed by atoms with Crippen LogP contribution in [0.1, 0.15) is 18.5 Å². The highest BCUT2D eigenvalue weighted by Gasteiger charge is 2.09. The molecule has 1 atom stereocenters. The summed E-state index contributed by atoms with van der Waals surface area (Å²) in [6.45, 7) is 2.05. The monoisotopic (exact) mass is 345 g/mol. The molecule has 0 saturated heterocycles. The van der Waals surface area contributed by atoms with E-state index in [9.17, 15) is 4.39 Å². The topological polar surface area (TPSA) is 29.9 Å². The van der Waals surface area contributed by atoms with Gasteiger partial charge in [0.15, 0.2) is 0 Å². The number of aromatic nitrogens is 2. The third kappa shape index (κ3) is 2.96. The molecule has 0 saturated carbocycles. The summed E-state index contributed by atoms with van der Waals surface area (Å²) >= 11 is 2.12. The van der Waals surface area contributed by atoms with Crippen LogP contribution in [0.2, 0.25) is 0 Å². The molecule has 0 aliphatic rings. The fraction of sp³-hybridized carbons (Fsp3) is 0.250. The highest BCUT2D eigenvalue weighted by Crippen LogP contribution is 2.24. The fourth-order valence-corrected chi connectivity index (χ4v) is 2.22. The standard InChI is InChI=1S/C12H13FIN3/c1-8(9-6-15-17(2)7-9)16-12-4-3-10(13)5-11(12)14/h3-8,16H,1-2H3. The molecule has 0 spiro atoms. The Morgan fingerprint density at radius 2 is 2.24 bits per heavy atom. The first-order valence-corrected chi connectivity index (χ1v) is 6.34. The maximum Gasteiger partial charge on any atom is 0.124 e. The van der Waals surface area contributed by atoms with Crippen LogP contribution in [0.15, 0.2) is 30.6 Å². The van der Waals surface area contributed by atoms with Crippen LogP contribution in [0.4, 0.5) is 10.1 Å². The Hall–Kier alpha value is -1.11. The molecular formula is C12H13FIN3. The molecule has 0 fully saturated rings. The van der Waals surface area contributed by atoms with Crippen molar-refractivity contribution in [2.75, 3.05) is 5.32 Å². The Balaban J connectivity index is 2.15. The minimum atomic E-state index is -0.214. The lowest BCUT2D eigenvalue weighted by Gasteiger charge is -2.15. The maximum atomic E-state index is 13.0. The highest BCUT2D eigenvalue weighted by atomic mass is 127. The van der Waals surface area contributed by atoms with E-state index >= 15 is 0 Å². The zero-order chi connectivity index (χ0) is 12.4. The van der Waals surface area contributed by atoms with Crippen molar-refractivity contribution in [1.29, 1.82) is 0 Å². The minimum Gasteiger partial charge on any atom is -0.378 e. The van der Waals surface area contributed by atoms with Gasteiger partial charge in [-0.15, -0.1) is 0 Å². The molecule has 2 aromatic rings. The third-order valence-corrected chi connectivity index (χ3v) is 3.42. The van der Waals surface area contributed by atoms with E-state index in [1.807, 2.05) is 19.4 Å². The Morgan fingerprint density at radius 1 is 1.47 bits per heavy atom. The second-order valence-electron chi connectivity index (χ2n) is 3.94. The lowest BCUT2D eigenvalue weighted by Crippen LogP contribution is -2.07. The molecular weight excluding hydrogens is 332 g/mol. The Bertz CT molecular complexity index is 524. The van der Waals surface area contributed by atoms with E-state index in [1.54, 1.807) is 10.7 Å². The largest absolute Gasteiger partial charge is 0.378 e. The van der Waals surface area contributed by atoms with Gasteiger partial charge in [-0.05, 0) is 47.7 Å². The van der Waals surface area contributed by atoms with Crippen molar-refractivity contribution < 1.29 is 4.39 Å². The van der Waals surface area contributed by atoms with Gasteiger partial charge in [-0.3, -0.25) is 4.68 Å². The van der Waals surface area contributed by atoms with Crippen LogP contribution in [-0.2, 0) is 7.05 Å². The number of hydrogen-bond acceptors (Lipinski definition) is 2. The summed E-state index contributed by atoms with van der Waals surface area (Å²) in [6.07, 6.45) is 3.79. The summed E-state index contributed by atoms with van der Waals surface area (Å²) in [5.41, 5.74) is 2.04. The van der Waals surface area contributed by atoms with Gasteiger partial charge in [0.2, 0.25) is 0 Å². The van der Waals surface area contributed by atoms with Gasteiger partial charge in [0.25, 0.3) is 0 Å². The van der Waals surface area contributed by atoms with Gasteiger partial charge >= 0.3 is 0 Å². The first-order chi connectivity index (χ1) is 8.06. The van der Waals surface area contributed by atoms with Gasteiger partial charge in [0.05, 0.1) is 12.2 Å². The van der Waals surface area contributed by atoms with E-state index in [0.717, 1.165) is 14.8 Å². The summed E-state index contributed by atoms with van der Waals surface area (Å²) in [4.78, 5) is 0. The predicted octanol–water partition coefficient (Wildman–Crippen LogP) is 3.34. The van der Waals surface area contributed by atoms with E-state index in [1.165, 1.54) is 12.1 Å². The van der Waals surface area contributed by atoms with E-state index in [4.69, 9.17) is 0 Å². The van der Waals surface area contributed by atoms with Gasteiger partial charge in [-0.1, -0.05) is 0 Å². The van der Waals surface area contributed by atoms with Crippen molar-refractivity contribution >= 4 is 28.3 Å². The van der Waals surface area contributed by atoms with E-state index in [-0.39, 0.29) is 11.9 Å². The van der Waals surface area contributed by atoms with Crippen molar-refractivity contribution in [2.24, 2.45) is 7.05 Å². The molecule has 0 amide bonds. The van der Waals surface area contributed by atoms with Crippen LogP contribution in [0.25, 0.3) is 0 Å². The average molecular weight is 345 g/mol. The molecule has 0 radical (unpaired) electrons. The number of anilines is 1. The van der Waals surface area contributed by atoms with Crippen molar-refractivity contribution in [3.05, 3.63) is 45.5 Å². The highest BCUT2D eigenvalue weighted by molar-refractivity contribution is 14.1. The molecule has 1 N–H and O–H groups in total. The second-order valence-corrected chi connectivity index (χ2v) is 5.10. The molecule has 0 aliphatic heterocycles. The maximum absolute atomic E-state index is 13.0. The van der Waals surface area contributed by atoms with Crippen molar-refractivity contribution in [2.45, 2.75) is 13.0 Å². The van der Waals surface area contributed by atoms with Gasteiger partial charge in [0.1, 0.15) is 5.82 Å². The van der Waals surface area contributed by atoms with Crippen LogP contribution in [0, 0.1) is 9.39 Å². The molecule has 17 heavy (non-hydrogen) atoms. The van der Waals surface area contributed by atoms with Crippen molar-refractivity contribution in [3.63, 3.8) is 0 Å². The number of benzene rings is 1. The molecule has 0 bridgehead atoms. The third-order valence-electron chi connectivity index (χ3n) is 2.53. The number of nitrogens with zero attached hydrogens (tertiary/aromatic N) is 2. The van der Waals surface area contributed by atoms with Crippen LogP contribution in [0.3, 0.4) is 0 Å². The quantitative estimate of drug-likeness (QED) is 0.865. The molecule has 1 heterocycles. The molecule has 0 aliphatic carbocycles. The number of hydrogen-bond donors (Lipinski definition) is 1. The Kier molecular flexibility index (Phi) is 3.66. The lowest BCUT2D eigenvalue weighted by molar-refractivity contribution is 0.627. The minimum absolute atomic E-state index is 0.141. The molecule has 1 unspecified atom stereocenters.